The lowest BCUT2D eigenvalue weighted by Gasteiger charge is -2.14. The molecule has 1 heterocycles. The van der Waals surface area contributed by atoms with Crippen LogP contribution in [0, 0.1) is 11.3 Å². The molecule has 0 aliphatic carbocycles. The molecule has 1 atom stereocenters. The van der Waals surface area contributed by atoms with Gasteiger partial charge in [0, 0.05) is 15.5 Å². The molecular weight excluding hydrogens is 322 g/mol. The molecule has 0 radical (unpaired) electrons. The van der Waals surface area contributed by atoms with Crippen molar-refractivity contribution in [1.29, 1.82) is 5.26 Å². The van der Waals surface area contributed by atoms with E-state index in [0.717, 1.165) is 21.6 Å². The third-order valence-corrected chi connectivity index (χ3v) is 4.77. The zero-order chi connectivity index (χ0) is 13.8. The fourth-order valence-corrected chi connectivity index (χ4v) is 3.05. The minimum atomic E-state index is 0.0895. The summed E-state index contributed by atoms with van der Waals surface area (Å²) in [6.07, 6.45) is 2.93. The predicted octanol–water partition coefficient (Wildman–Crippen LogP) is 4.51. The van der Waals surface area contributed by atoms with E-state index in [1.165, 1.54) is 4.88 Å². The largest absolute Gasteiger partial charge is 0.375 e. The van der Waals surface area contributed by atoms with Crippen LogP contribution in [0.1, 0.15) is 35.3 Å². The predicted molar refractivity (Wildman–Crippen MR) is 82.4 cm³/mol. The Hall–Kier alpha value is -1.38. The third-order valence-electron chi connectivity index (χ3n) is 2.79. The SMILES string of the molecule is CCc1cnc(C(C)Nc2cccc(Br)c2C#N)s1. The Morgan fingerprint density at radius 3 is 2.95 bits per heavy atom. The maximum Gasteiger partial charge on any atom is 0.115 e. The second-order valence-electron chi connectivity index (χ2n) is 4.16. The smallest absolute Gasteiger partial charge is 0.115 e. The molecule has 0 bridgehead atoms. The van der Waals surface area contributed by atoms with Crippen LogP contribution in [0.3, 0.4) is 0 Å². The molecule has 5 heteroatoms. The number of thiazole rings is 1. The van der Waals surface area contributed by atoms with Crippen molar-refractivity contribution >= 4 is 33.0 Å². The molecule has 0 fully saturated rings. The topological polar surface area (TPSA) is 48.7 Å². The van der Waals surface area contributed by atoms with Crippen LogP contribution in [0.4, 0.5) is 5.69 Å². The van der Waals surface area contributed by atoms with E-state index in [2.05, 4.69) is 46.1 Å². The van der Waals surface area contributed by atoms with Gasteiger partial charge >= 0.3 is 0 Å². The van der Waals surface area contributed by atoms with Gasteiger partial charge in [-0.3, -0.25) is 0 Å². The van der Waals surface area contributed by atoms with E-state index in [-0.39, 0.29) is 6.04 Å². The van der Waals surface area contributed by atoms with Crippen LogP contribution in [-0.2, 0) is 6.42 Å². The van der Waals surface area contributed by atoms with E-state index >= 15 is 0 Å². The summed E-state index contributed by atoms with van der Waals surface area (Å²) in [7, 11) is 0. The highest BCUT2D eigenvalue weighted by atomic mass is 79.9. The Morgan fingerprint density at radius 1 is 1.53 bits per heavy atom. The first-order valence-corrected chi connectivity index (χ1v) is 7.66. The number of anilines is 1. The summed E-state index contributed by atoms with van der Waals surface area (Å²) >= 11 is 5.10. The normalized spacial score (nSPS) is 11.9. The van der Waals surface area contributed by atoms with Gasteiger partial charge in [0.25, 0.3) is 0 Å². The van der Waals surface area contributed by atoms with Gasteiger partial charge in [-0.25, -0.2) is 4.98 Å². The number of aryl methyl sites for hydroxylation is 1. The highest BCUT2D eigenvalue weighted by Gasteiger charge is 2.13. The van der Waals surface area contributed by atoms with Crippen LogP contribution in [0.15, 0.2) is 28.9 Å². The van der Waals surface area contributed by atoms with E-state index < -0.39 is 0 Å². The number of nitrogens with zero attached hydrogens (tertiary/aromatic N) is 2. The average molecular weight is 336 g/mol. The Labute approximate surface area is 125 Å². The molecule has 2 rings (SSSR count). The maximum absolute atomic E-state index is 9.19. The van der Waals surface area contributed by atoms with Crippen molar-refractivity contribution in [3.05, 3.63) is 44.3 Å². The minimum Gasteiger partial charge on any atom is -0.375 e. The van der Waals surface area contributed by atoms with Crippen molar-refractivity contribution in [2.45, 2.75) is 26.3 Å². The summed E-state index contributed by atoms with van der Waals surface area (Å²) in [4.78, 5) is 5.70. The van der Waals surface area contributed by atoms with Gasteiger partial charge in [-0.15, -0.1) is 11.3 Å². The summed E-state index contributed by atoms with van der Waals surface area (Å²) in [6, 6.07) is 8.00. The maximum atomic E-state index is 9.19. The van der Waals surface area contributed by atoms with Crippen molar-refractivity contribution in [1.82, 2.24) is 4.98 Å². The number of nitriles is 1. The molecule has 0 aliphatic heterocycles. The average Bonchev–Trinajstić information content (AvgIpc) is 2.88. The van der Waals surface area contributed by atoms with Gasteiger partial charge in [0.1, 0.15) is 11.1 Å². The zero-order valence-corrected chi connectivity index (χ0v) is 13.2. The number of hydrogen-bond acceptors (Lipinski definition) is 4. The third kappa shape index (κ3) is 3.14. The van der Waals surface area contributed by atoms with Crippen LogP contribution >= 0.6 is 27.3 Å². The molecule has 1 aromatic heterocycles. The van der Waals surface area contributed by atoms with Gasteiger partial charge in [0.05, 0.1) is 17.3 Å². The zero-order valence-electron chi connectivity index (χ0n) is 10.8. The highest BCUT2D eigenvalue weighted by molar-refractivity contribution is 9.10. The van der Waals surface area contributed by atoms with Gasteiger partial charge in [-0.05, 0) is 41.4 Å². The molecule has 1 aromatic carbocycles. The Kier molecular flexibility index (Phi) is 4.56. The van der Waals surface area contributed by atoms with Crippen LogP contribution in [0.25, 0.3) is 0 Å². The summed E-state index contributed by atoms with van der Waals surface area (Å²) in [5.41, 5.74) is 1.46. The standard InChI is InChI=1S/C14H14BrN3S/c1-3-10-8-17-14(19-10)9(2)18-13-6-4-5-12(15)11(13)7-16/h4-6,8-9,18H,3H2,1-2H3. The first kappa shape index (κ1) is 14.0. The Balaban J connectivity index is 2.22. The molecule has 98 valence electrons. The van der Waals surface area contributed by atoms with Gasteiger partial charge in [0.2, 0.25) is 0 Å². The minimum absolute atomic E-state index is 0.0895. The number of aromatic nitrogens is 1. The molecule has 2 aromatic rings. The van der Waals surface area contributed by atoms with Gasteiger partial charge in [-0.1, -0.05) is 13.0 Å². The summed E-state index contributed by atoms with van der Waals surface area (Å²) in [6.45, 7) is 4.18. The summed E-state index contributed by atoms with van der Waals surface area (Å²) < 4.78 is 0.806. The number of hydrogen-bond donors (Lipinski definition) is 1. The lowest BCUT2D eigenvalue weighted by atomic mass is 10.2. The quantitative estimate of drug-likeness (QED) is 0.893. The van der Waals surface area contributed by atoms with Crippen LogP contribution in [-0.4, -0.2) is 4.98 Å². The molecular formula is C14H14BrN3S. The molecule has 0 saturated carbocycles. The van der Waals surface area contributed by atoms with Crippen LogP contribution < -0.4 is 5.32 Å². The molecule has 0 saturated heterocycles. The first-order valence-electron chi connectivity index (χ1n) is 6.05. The van der Waals surface area contributed by atoms with Crippen molar-refractivity contribution in [2.75, 3.05) is 5.32 Å². The number of nitrogens with one attached hydrogen (secondary N) is 1. The van der Waals surface area contributed by atoms with Crippen molar-refractivity contribution in [2.24, 2.45) is 0 Å². The molecule has 1 N–H and O–H groups in total. The van der Waals surface area contributed by atoms with E-state index in [9.17, 15) is 5.26 Å². The van der Waals surface area contributed by atoms with Crippen LogP contribution in [0.2, 0.25) is 0 Å². The second-order valence-corrected chi connectivity index (χ2v) is 6.16. The molecule has 19 heavy (non-hydrogen) atoms. The summed E-state index contributed by atoms with van der Waals surface area (Å²) in [5.74, 6) is 0. The van der Waals surface area contributed by atoms with Crippen molar-refractivity contribution in [3.8, 4) is 6.07 Å². The molecule has 3 nitrogen and oxygen atoms in total. The first-order chi connectivity index (χ1) is 9.15. The van der Waals surface area contributed by atoms with Crippen LogP contribution in [0.5, 0.6) is 0 Å². The van der Waals surface area contributed by atoms with E-state index in [4.69, 9.17) is 0 Å². The molecule has 0 amide bonds. The molecule has 0 spiro atoms. The number of halogens is 1. The van der Waals surface area contributed by atoms with E-state index in [0.29, 0.717) is 5.56 Å². The number of benzene rings is 1. The molecule has 1 unspecified atom stereocenters. The Bertz CT molecular complexity index is 615. The number of rotatable bonds is 4. The monoisotopic (exact) mass is 335 g/mol. The lowest BCUT2D eigenvalue weighted by molar-refractivity contribution is 0.868. The lowest BCUT2D eigenvalue weighted by Crippen LogP contribution is -2.07. The van der Waals surface area contributed by atoms with E-state index in [1.807, 2.05) is 24.4 Å². The van der Waals surface area contributed by atoms with Gasteiger partial charge in [0.15, 0.2) is 0 Å². The highest BCUT2D eigenvalue weighted by Crippen LogP contribution is 2.28. The summed E-state index contributed by atoms with van der Waals surface area (Å²) in [5, 5.41) is 13.6. The van der Waals surface area contributed by atoms with Gasteiger partial charge < -0.3 is 5.32 Å². The van der Waals surface area contributed by atoms with Crippen molar-refractivity contribution < 1.29 is 0 Å². The van der Waals surface area contributed by atoms with E-state index in [1.54, 1.807) is 11.3 Å². The Morgan fingerprint density at radius 2 is 2.32 bits per heavy atom. The fourth-order valence-electron chi connectivity index (χ4n) is 1.74. The second kappa shape index (κ2) is 6.18. The fraction of sp³-hybridized carbons (Fsp3) is 0.286. The van der Waals surface area contributed by atoms with Gasteiger partial charge in [-0.2, -0.15) is 5.26 Å². The van der Waals surface area contributed by atoms with Crippen molar-refractivity contribution in [3.63, 3.8) is 0 Å². The molecule has 0 aliphatic rings.